The molecule has 2 amide bonds. The molecule has 0 aliphatic carbocycles. The predicted octanol–water partition coefficient (Wildman–Crippen LogP) is 2.38. The number of pyridine rings is 1. The predicted molar refractivity (Wildman–Crippen MR) is 125 cm³/mol. The standard InChI is InChI=1S/C25H33N3O5/c1-16-8-6-7-9-20(16)19-10-21-24(26-11-19)33-22(13-27(4)23(30)15-32-5)17(2)12-28(25(21)31)18(3)14-29/h6-11,17-18,22,29H,12-15H2,1-5H3/t17-,18-,22+/m1/s1. The molecule has 8 heteroatoms. The van der Waals surface area contributed by atoms with Gasteiger partial charge in [0.05, 0.1) is 19.2 Å². The van der Waals surface area contributed by atoms with Crippen LogP contribution in [0.15, 0.2) is 36.5 Å². The Morgan fingerprint density at radius 1 is 1.36 bits per heavy atom. The maximum atomic E-state index is 13.5. The highest BCUT2D eigenvalue weighted by Crippen LogP contribution is 2.31. The van der Waals surface area contributed by atoms with Crippen LogP contribution in [0.2, 0.25) is 0 Å². The van der Waals surface area contributed by atoms with Crippen LogP contribution in [-0.2, 0) is 9.53 Å². The van der Waals surface area contributed by atoms with Crippen molar-refractivity contribution in [3.05, 3.63) is 47.7 Å². The van der Waals surface area contributed by atoms with Gasteiger partial charge in [0, 0.05) is 38.4 Å². The molecule has 0 saturated carbocycles. The van der Waals surface area contributed by atoms with Crippen molar-refractivity contribution in [3.8, 4) is 17.0 Å². The van der Waals surface area contributed by atoms with Crippen LogP contribution < -0.4 is 4.74 Å². The van der Waals surface area contributed by atoms with E-state index in [4.69, 9.17) is 9.47 Å². The molecule has 178 valence electrons. The summed E-state index contributed by atoms with van der Waals surface area (Å²) in [4.78, 5) is 33.6. The van der Waals surface area contributed by atoms with Crippen LogP contribution in [0.5, 0.6) is 5.88 Å². The molecule has 2 aromatic rings. The smallest absolute Gasteiger partial charge is 0.259 e. The first-order valence-corrected chi connectivity index (χ1v) is 11.1. The number of carbonyl (C=O) groups excluding carboxylic acids is 2. The SMILES string of the molecule is COCC(=O)N(C)C[C@@H]1Oc2ncc(-c3ccccc3C)cc2C(=O)N([C@H](C)CO)C[C@H]1C. The molecule has 33 heavy (non-hydrogen) atoms. The average Bonchev–Trinajstić information content (AvgIpc) is 2.81. The van der Waals surface area contributed by atoms with Crippen LogP contribution in [0, 0.1) is 12.8 Å². The second kappa shape index (κ2) is 10.8. The van der Waals surface area contributed by atoms with Crippen molar-refractivity contribution < 1.29 is 24.2 Å². The first kappa shape index (κ1) is 24.7. The molecule has 3 atom stereocenters. The van der Waals surface area contributed by atoms with Gasteiger partial charge in [0.15, 0.2) is 0 Å². The molecular weight excluding hydrogens is 422 g/mol. The molecule has 1 aromatic heterocycles. The maximum Gasteiger partial charge on any atom is 0.259 e. The van der Waals surface area contributed by atoms with Gasteiger partial charge >= 0.3 is 0 Å². The van der Waals surface area contributed by atoms with E-state index in [-0.39, 0.29) is 42.9 Å². The highest BCUT2D eigenvalue weighted by molar-refractivity contribution is 5.98. The monoisotopic (exact) mass is 455 g/mol. The van der Waals surface area contributed by atoms with Gasteiger partial charge in [-0.25, -0.2) is 4.98 Å². The van der Waals surface area contributed by atoms with E-state index in [0.29, 0.717) is 18.7 Å². The molecule has 0 radical (unpaired) electrons. The van der Waals surface area contributed by atoms with E-state index in [1.807, 2.05) is 45.0 Å². The van der Waals surface area contributed by atoms with Crippen molar-refractivity contribution >= 4 is 11.8 Å². The Bertz CT molecular complexity index is 996. The number of aliphatic hydroxyl groups excluding tert-OH is 1. The summed E-state index contributed by atoms with van der Waals surface area (Å²) in [6.07, 6.45) is 1.31. The number of aryl methyl sites for hydroxylation is 1. The third-order valence-corrected chi connectivity index (χ3v) is 6.12. The van der Waals surface area contributed by atoms with E-state index >= 15 is 0 Å². The second-order valence-electron chi connectivity index (χ2n) is 8.72. The van der Waals surface area contributed by atoms with Crippen LogP contribution in [-0.4, -0.2) is 84.3 Å². The van der Waals surface area contributed by atoms with E-state index < -0.39 is 6.10 Å². The van der Waals surface area contributed by atoms with Gasteiger partial charge in [0.2, 0.25) is 11.8 Å². The van der Waals surface area contributed by atoms with E-state index in [1.165, 1.54) is 7.11 Å². The summed E-state index contributed by atoms with van der Waals surface area (Å²) in [6, 6.07) is 9.34. The van der Waals surface area contributed by atoms with Gasteiger partial charge in [-0.15, -0.1) is 0 Å². The highest BCUT2D eigenvalue weighted by atomic mass is 16.5. The largest absolute Gasteiger partial charge is 0.472 e. The third-order valence-electron chi connectivity index (χ3n) is 6.12. The minimum absolute atomic E-state index is 0.0155. The van der Waals surface area contributed by atoms with Crippen molar-refractivity contribution in [3.63, 3.8) is 0 Å². The number of likely N-dealkylation sites (N-methyl/N-ethyl adjacent to an activating group) is 1. The number of carbonyl (C=O) groups is 2. The third kappa shape index (κ3) is 5.51. The quantitative estimate of drug-likeness (QED) is 0.689. The molecule has 8 nitrogen and oxygen atoms in total. The summed E-state index contributed by atoms with van der Waals surface area (Å²) in [7, 11) is 3.18. The van der Waals surface area contributed by atoms with E-state index in [9.17, 15) is 14.7 Å². The number of methoxy groups -OCH3 is 1. The van der Waals surface area contributed by atoms with Gasteiger partial charge in [-0.1, -0.05) is 31.2 Å². The summed E-state index contributed by atoms with van der Waals surface area (Å²) in [6.45, 7) is 6.32. The summed E-state index contributed by atoms with van der Waals surface area (Å²) in [5, 5.41) is 9.81. The fourth-order valence-corrected chi connectivity index (χ4v) is 3.97. The number of hydrogen-bond acceptors (Lipinski definition) is 6. The number of amides is 2. The Kier molecular flexibility index (Phi) is 8.05. The van der Waals surface area contributed by atoms with Crippen LogP contribution in [0.25, 0.3) is 11.1 Å². The first-order chi connectivity index (χ1) is 15.8. The number of benzene rings is 1. The van der Waals surface area contributed by atoms with Crippen LogP contribution in [0.1, 0.15) is 29.8 Å². The molecule has 2 heterocycles. The minimum atomic E-state index is -0.395. The van der Waals surface area contributed by atoms with Crippen molar-refractivity contribution in [2.24, 2.45) is 5.92 Å². The van der Waals surface area contributed by atoms with Crippen molar-refractivity contribution in [1.29, 1.82) is 0 Å². The van der Waals surface area contributed by atoms with E-state index in [2.05, 4.69) is 4.98 Å². The fraction of sp³-hybridized carbons (Fsp3) is 0.480. The Morgan fingerprint density at radius 3 is 2.76 bits per heavy atom. The molecule has 0 bridgehead atoms. The van der Waals surface area contributed by atoms with Gasteiger partial charge in [0.25, 0.3) is 5.91 Å². The van der Waals surface area contributed by atoms with E-state index in [0.717, 1.165) is 16.7 Å². The van der Waals surface area contributed by atoms with Crippen molar-refractivity contribution in [1.82, 2.24) is 14.8 Å². The van der Waals surface area contributed by atoms with Gasteiger partial charge in [-0.3, -0.25) is 9.59 Å². The number of aliphatic hydroxyl groups is 1. The van der Waals surface area contributed by atoms with Crippen LogP contribution in [0.4, 0.5) is 0 Å². The molecule has 1 aliphatic heterocycles. The topological polar surface area (TPSA) is 92.2 Å². The van der Waals surface area contributed by atoms with Gasteiger partial charge in [0.1, 0.15) is 18.3 Å². The molecule has 0 unspecified atom stereocenters. The molecule has 0 fully saturated rings. The lowest BCUT2D eigenvalue weighted by atomic mass is 9.98. The lowest BCUT2D eigenvalue weighted by molar-refractivity contribution is -0.135. The number of hydrogen-bond donors (Lipinski definition) is 1. The number of aromatic nitrogens is 1. The average molecular weight is 456 g/mol. The normalized spacial score (nSPS) is 19.2. The Labute approximate surface area is 195 Å². The Hall–Kier alpha value is -2.97. The minimum Gasteiger partial charge on any atom is -0.472 e. The second-order valence-corrected chi connectivity index (χ2v) is 8.72. The van der Waals surface area contributed by atoms with Gasteiger partial charge in [-0.2, -0.15) is 0 Å². The van der Waals surface area contributed by atoms with Gasteiger partial charge in [-0.05, 0) is 31.0 Å². The number of nitrogens with zero attached hydrogens (tertiary/aromatic N) is 3. The number of rotatable bonds is 7. The van der Waals surface area contributed by atoms with Crippen molar-refractivity contribution in [2.45, 2.75) is 32.9 Å². The summed E-state index contributed by atoms with van der Waals surface area (Å²) >= 11 is 0. The molecule has 0 spiro atoms. The molecule has 1 aliphatic rings. The molecule has 3 rings (SSSR count). The Balaban J connectivity index is 2.02. The summed E-state index contributed by atoms with van der Waals surface area (Å²) in [5.74, 6) is -0.262. The fourth-order valence-electron chi connectivity index (χ4n) is 3.97. The lowest BCUT2D eigenvalue weighted by Crippen LogP contribution is -2.50. The molecule has 0 saturated heterocycles. The number of ether oxygens (including phenoxy) is 2. The molecular formula is C25H33N3O5. The lowest BCUT2D eigenvalue weighted by Gasteiger charge is -2.37. The van der Waals surface area contributed by atoms with Crippen LogP contribution >= 0.6 is 0 Å². The maximum absolute atomic E-state index is 13.5. The van der Waals surface area contributed by atoms with Crippen molar-refractivity contribution in [2.75, 3.05) is 40.5 Å². The van der Waals surface area contributed by atoms with Crippen LogP contribution in [0.3, 0.4) is 0 Å². The zero-order chi connectivity index (χ0) is 24.1. The molecule has 1 N–H and O–H groups in total. The summed E-state index contributed by atoms with van der Waals surface area (Å²) < 4.78 is 11.2. The first-order valence-electron chi connectivity index (χ1n) is 11.1. The number of fused-ring (bicyclic) bond motifs is 1. The Morgan fingerprint density at radius 2 is 2.09 bits per heavy atom. The summed E-state index contributed by atoms with van der Waals surface area (Å²) in [5.41, 5.74) is 3.22. The zero-order valence-corrected chi connectivity index (χ0v) is 19.9. The van der Waals surface area contributed by atoms with E-state index in [1.54, 1.807) is 29.1 Å². The van der Waals surface area contributed by atoms with Gasteiger partial charge < -0.3 is 24.4 Å². The molecule has 1 aromatic carbocycles. The zero-order valence-electron chi connectivity index (χ0n) is 19.9. The highest BCUT2D eigenvalue weighted by Gasteiger charge is 2.34.